The molecule has 0 bridgehead atoms. The summed E-state index contributed by atoms with van der Waals surface area (Å²) in [5.74, 6) is 0.339. The van der Waals surface area contributed by atoms with Gasteiger partial charge in [0.25, 0.3) is 0 Å². The number of aromatic nitrogens is 2. The number of nitrogens with zero attached hydrogens (tertiary/aromatic N) is 2. The number of hydrogen-bond donors (Lipinski definition) is 1. The predicted octanol–water partition coefficient (Wildman–Crippen LogP) is 2.44. The molecular formula is C13H14ClN3OS. The van der Waals surface area contributed by atoms with Crippen LogP contribution in [0.1, 0.15) is 21.8 Å². The normalized spacial score (nSPS) is 10.4. The molecule has 0 saturated heterocycles. The number of amides is 1. The minimum absolute atomic E-state index is 0.0428. The van der Waals surface area contributed by atoms with Crippen molar-refractivity contribution in [2.45, 2.75) is 25.8 Å². The van der Waals surface area contributed by atoms with E-state index in [1.807, 2.05) is 18.4 Å². The van der Waals surface area contributed by atoms with Crippen molar-refractivity contribution in [1.82, 2.24) is 15.3 Å². The summed E-state index contributed by atoms with van der Waals surface area (Å²) in [6.07, 6.45) is 3.80. The van der Waals surface area contributed by atoms with Gasteiger partial charge in [0.1, 0.15) is 5.01 Å². The van der Waals surface area contributed by atoms with E-state index in [9.17, 15) is 4.79 Å². The topological polar surface area (TPSA) is 54.9 Å². The molecule has 0 aliphatic carbocycles. The molecule has 2 rings (SSSR count). The number of rotatable bonds is 5. The van der Waals surface area contributed by atoms with E-state index >= 15 is 0 Å². The molecule has 0 saturated carbocycles. The van der Waals surface area contributed by atoms with Gasteiger partial charge >= 0.3 is 0 Å². The molecule has 2 heterocycles. The first-order valence-electron chi connectivity index (χ1n) is 5.84. The highest BCUT2D eigenvalue weighted by atomic mass is 35.5. The van der Waals surface area contributed by atoms with E-state index in [2.05, 4.69) is 15.3 Å². The van der Waals surface area contributed by atoms with Gasteiger partial charge in [-0.25, -0.2) is 4.98 Å². The number of halogens is 1. The Morgan fingerprint density at radius 3 is 3.05 bits per heavy atom. The highest BCUT2D eigenvalue weighted by molar-refractivity contribution is 7.09. The second kappa shape index (κ2) is 6.63. The lowest BCUT2D eigenvalue weighted by Crippen LogP contribution is -2.24. The lowest BCUT2D eigenvalue weighted by atomic mass is 10.1. The fraction of sp³-hybridized carbons (Fsp3) is 0.308. The fourth-order valence-corrected chi connectivity index (χ4v) is 2.59. The van der Waals surface area contributed by atoms with Gasteiger partial charge in [-0.2, -0.15) is 0 Å². The van der Waals surface area contributed by atoms with Crippen LogP contribution < -0.4 is 5.32 Å². The zero-order valence-electron chi connectivity index (χ0n) is 10.5. The first-order valence-corrected chi connectivity index (χ1v) is 7.26. The van der Waals surface area contributed by atoms with Gasteiger partial charge < -0.3 is 5.32 Å². The van der Waals surface area contributed by atoms with Crippen molar-refractivity contribution in [2.75, 3.05) is 0 Å². The van der Waals surface area contributed by atoms with Crippen LogP contribution in [-0.4, -0.2) is 15.9 Å². The minimum atomic E-state index is -0.0428. The number of carbonyl (C=O) groups is 1. The van der Waals surface area contributed by atoms with Crippen LogP contribution in [0.2, 0.25) is 0 Å². The Kier molecular flexibility index (Phi) is 4.87. The Bertz CT molecular complexity index is 571. The number of alkyl halides is 1. The summed E-state index contributed by atoms with van der Waals surface area (Å²) in [7, 11) is 0. The molecule has 0 atom stereocenters. The molecule has 0 aliphatic rings. The van der Waals surface area contributed by atoms with E-state index < -0.39 is 0 Å². The van der Waals surface area contributed by atoms with Gasteiger partial charge in [-0.1, -0.05) is 0 Å². The van der Waals surface area contributed by atoms with Gasteiger partial charge in [0, 0.05) is 24.3 Å². The standard InChI is InChI=1S/C13H14ClN3OS/c1-9-2-3-15-6-10(9)7-16-12(18)4-13-17-11(5-14)8-19-13/h2-3,6,8H,4-5,7H2,1H3,(H,16,18). The van der Waals surface area contributed by atoms with Crippen molar-refractivity contribution >= 4 is 28.8 Å². The Balaban J connectivity index is 1.86. The molecule has 100 valence electrons. The third-order valence-corrected chi connectivity index (χ3v) is 3.84. The minimum Gasteiger partial charge on any atom is -0.352 e. The Morgan fingerprint density at radius 2 is 2.37 bits per heavy atom. The van der Waals surface area contributed by atoms with E-state index in [-0.39, 0.29) is 5.91 Å². The van der Waals surface area contributed by atoms with Crippen LogP contribution in [0.25, 0.3) is 0 Å². The number of carbonyl (C=O) groups excluding carboxylic acids is 1. The Morgan fingerprint density at radius 1 is 1.53 bits per heavy atom. The zero-order valence-corrected chi connectivity index (χ0v) is 12.1. The van der Waals surface area contributed by atoms with Crippen LogP contribution in [0.5, 0.6) is 0 Å². The molecule has 0 radical (unpaired) electrons. The fourth-order valence-electron chi connectivity index (χ4n) is 1.57. The third kappa shape index (κ3) is 4.01. The summed E-state index contributed by atoms with van der Waals surface area (Å²) < 4.78 is 0. The number of pyridine rings is 1. The van der Waals surface area contributed by atoms with Crippen LogP contribution in [-0.2, 0) is 23.6 Å². The number of thiazole rings is 1. The predicted molar refractivity (Wildman–Crippen MR) is 76.2 cm³/mol. The molecule has 2 aromatic rings. The van der Waals surface area contributed by atoms with Crippen LogP contribution in [0, 0.1) is 6.92 Å². The average Bonchev–Trinajstić information content (AvgIpc) is 2.85. The molecule has 0 spiro atoms. The molecule has 0 unspecified atom stereocenters. The average molecular weight is 296 g/mol. The maximum absolute atomic E-state index is 11.8. The maximum atomic E-state index is 11.8. The van der Waals surface area contributed by atoms with E-state index in [1.165, 1.54) is 11.3 Å². The highest BCUT2D eigenvalue weighted by Crippen LogP contribution is 2.12. The van der Waals surface area contributed by atoms with Crippen molar-refractivity contribution in [1.29, 1.82) is 0 Å². The van der Waals surface area contributed by atoms with Crippen LogP contribution >= 0.6 is 22.9 Å². The maximum Gasteiger partial charge on any atom is 0.227 e. The first-order chi connectivity index (χ1) is 9.19. The summed E-state index contributed by atoms with van der Waals surface area (Å²) in [5.41, 5.74) is 2.96. The monoisotopic (exact) mass is 295 g/mol. The molecule has 0 aromatic carbocycles. The van der Waals surface area contributed by atoms with Crippen LogP contribution in [0.4, 0.5) is 0 Å². The van der Waals surface area contributed by atoms with Crippen molar-refractivity contribution in [2.24, 2.45) is 0 Å². The van der Waals surface area contributed by atoms with Crippen molar-refractivity contribution < 1.29 is 4.79 Å². The van der Waals surface area contributed by atoms with E-state index in [0.717, 1.165) is 21.8 Å². The molecule has 1 amide bonds. The largest absolute Gasteiger partial charge is 0.352 e. The molecule has 4 nitrogen and oxygen atoms in total. The number of hydrogen-bond acceptors (Lipinski definition) is 4. The Labute approximate surface area is 120 Å². The van der Waals surface area contributed by atoms with E-state index in [1.54, 1.807) is 12.4 Å². The summed E-state index contributed by atoms with van der Waals surface area (Å²) in [4.78, 5) is 20.1. The lowest BCUT2D eigenvalue weighted by molar-refractivity contribution is -0.120. The molecule has 6 heteroatoms. The Hall–Kier alpha value is -1.46. The van der Waals surface area contributed by atoms with Crippen LogP contribution in [0.15, 0.2) is 23.8 Å². The molecule has 1 N–H and O–H groups in total. The quantitative estimate of drug-likeness (QED) is 0.862. The van der Waals surface area contributed by atoms with Crippen molar-refractivity contribution in [3.63, 3.8) is 0 Å². The molecule has 19 heavy (non-hydrogen) atoms. The van der Waals surface area contributed by atoms with E-state index in [0.29, 0.717) is 18.8 Å². The van der Waals surface area contributed by atoms with Gasteiger partial charge in [-0.3, -0.25) is 9.78 Å². The number of aryl methyl sites for hydroxylation is 1. The second-order valence-electron chi connectivity index (χ2n) is 4.12. The van der Waals surface area contributed by atoms with Crippen LogP contribution in [0.3, 0.4) is 0 Å². The SMILES string of the molecule is Cc1ccncc1CNC(=O)Cc1nc(CCl)cs1. The van der Waals surface area contributed by atoms with Gasteiger partial charge in [0.2, 0.25) is 5.91 Å². The van der Waals surface area contributed by atoms with E-state index in [4.69, 9.17) is 11.6 Å². The van der Waals surface area contributed by atoms with Crippen molar-refractivity contribution in [3.8, 4) is 0 Å². The van der Waals surface area contributed by atoms with Gasteiger partial charge in [0.05, 0.1) is 18.0 Å². The molecular weight excluding hydrogens is 282 g/mol. The van der Waals surface area contributed by atoms with Gasteiger partial charge in [-0.15, -0.1) is 22.9 Å². The molecule has 0 fully saturated rings. The number of nitrogens with one attached hydrogen (secondary N) is 1. The lowest BCUT2D eigenvalue weighted by Gasteiger charge is -2.06. The molecule has 2 aromatic heterocycles. The third-order valence-electron chi connectivity index (χ3n) is 2.67. The van der Waals surface area contributed by atoms with Gasteiger partial charge in [-0.05, 0) is 24.1 Å². The first kappa shape index (κ1) is 14.0. The highest BCUT2D eigenvalue weighted by Gasteiger charge is 2.08. The summed E-state index contributed by atoms with van der Waals surface area (Å²) in [5, 5.41) is 5.53. The molecule has 0 aliphatic heterocycles. The zero-order chi connectivity index (χ0) is 13.7. The smallest absolute Gasteiger partial charge is 0.227 e. The second-order valence-corrected chi connectivity index (χ2v) is 5.33. The van der Waals surface area contributed by atoms with Gasteiger partial charge in [0.15, 0.2) is 0 Å². The summed E-state index contributed by atoms with van der Waals surface area (Å²) in [6, 6.07) is 1.93. The van der Waals surface area contributed by atoms with Crippen molar-refractivity contribution in [3.05, 3.63) is 45.7 Å². The summed E-state index contributed by atoms with van der Waals surface area (Å²) >= 11 is 7.13. The summed E-state index contributed by atoms with van der Waals surface area (Å²) in [6.45, 7) is 2.49.